The number of aryl methyl sites for hydroxylation is 1. The Balaban J connectivity index is 2.56. The molecule has 1 unspecified atom stereocenters. The molecular formula is C12H17N3. The van der Waals surface area contributed by atoms with E-state index in [0.717, 1.165) is 18.8 Å². The quantitative estimate of drug-likeness (QED) is 0.751. The standard InChI is InChI=1S/C12H17N3/c1-10(7-13)8-15(3)9-12-11(2)5-4-6-14-12/h4-6,10H,8-9H2,1-3H3. The Bertz CT molecular complexity index is 354. The van der Waals surface area contributed by atoms with Crippen LogP contribution in [0.1, 0.15) is 18.2 Å². The summed E-state index contributed by atoms with van der Waals surface area (Å²) in [4.78, 5) is 6.45. The van der Waals surface area contributed by atoms with E-state index < -0.39 is 0 Å². The average Bonchev–Trinajstić information content (AvgIpc) is 2.21. The fraction of sp³-hybridized carbons (Fsp3) is 0.500. The van der Waals surface area contributed by atoms with E-state index in [1.807, 2.05) is 26.2 Å². The van der Waals surface area contributed by atoms with Gasteiger partial charge in [-0.15, -0.1) is 0 Å². The van der Waals surface area contributed by atoms with Crippen LogP contribution in [-0.4, -0.2) is 23.5 Å². The Labute approximate surface area is 91.4 Å². The number of aromatic nitrogens is 1. The highest BCUT2D eigenvalue weighted by Gasteiger charge is 2.07. The highest BCUT2D eigenvalue weighted by molar-refractivity contribution is 5.17. The van der Waals surface area contributed by atoms with Crippen LogP contribution in [0.3, 0.4) is 0 Å². The van der Waals surface area contributed by atoms with Crippen molar-refractivity contribution in [2.45, 2.75) is 20.4 Å². The fourth-order valence-electron chi connectivity index (χ4n) is 1.51. The molecule has 1 heterocycles. The van der Waals surface area contributed by atoms with Gasteiger partial charge < -0.3 is 0 Å². The molecule has 0 aliphatic rings. The van der Waals surface area contributed by atoms with Crippen LogP contribution >= 0.6 is 0 Å². The van der Waals surface area contributed by atoms with Crippen LogP contribution in [0.15, 0.2) is 18.3 Å². The van der Waals surface area contributed by atoms with Gasteiger partial charge in [0.05, 0.1) is 17.7 Å². The SMILES string of the molecule is Cc1cccnc1CN(C)CC(C)C#N. The summed E-state index contributed by atoms with van der Waals surface area (Å²) in [5.74, 6) is 0.0685. The zero-order chi connectivity index (χ0) is 11.3. The predicted molar refractivity (Wildman–Crippen MR) is 60.1 cm³/mol. The number of nitrogens with zero attached hydrogens (tertiary/aromatic N) is 3. The van der Waals surface area contributed by atoms with Crippen LogP contribution in [0.2, 0.25) is 0 Å². The molecule has 0 fully saturated rings. The van der Waals surface area contributed by atoms with Gasteiger partial charge in [0.1, 0.15) is 0 Å². The van der Waals surface area contributed by atoms with Gasteiger partial charge in [0.2, 0.25) is 0 Å². The van der Waals surface area contributed by atoms with Crippen LogP contribution in [0.5, 0.6) is 0 Å². The van der Waals surface area contributed by atoms with Crippen LogP contribution in [-0.2, 0) is 6.54 Å². The Morgan fingerprint density at radius 2 is 2.33 bits per heavy atom. The molecule has 15 heavy (non-hydrogen) atoms. The molecule has 0 aromatic carbocycles. The number of pyridine rings is 1. The highest BCUT2D eigenvalue weighted by atomic mass is 15.1. The summed E-state index contributed by atoms with van der Waals surface area (Å²) in [5, 5.41) is 8.71. The lowest BCUT2D eigenvalue weighted by molar-refractivity contribution is 0.299. The summed E-state index contributed by atoms with van der Waals surface area (Å²) < 4.78 is 0. The molecule has 0 saturated carbocycles. The van der Waals surface area contributed by atoms with Crippen LogP contribution < -0.4 is 0 Å². The molecule has 1 rings (SSSR count). The van der Waals surface area contributed by atoms with Crippen molar-refractivity contribution in [2.75, 3.05) is 13.6 Å². The van der Waals surface area contributed by atoms with E-state index in [-0.39, 0.29) is 5.92 Å². The lowest BCUT2D eigenvalue weighted by Gasteiger charge is -2.18. The summed E-state index contributed by atoms with van der Waals surface area (Å²) >= 11 is 0. The molecule has 0 amide bonds. The fourth-order valence-corrected chi connectivity index (χ4v) is 1.51. The third kappa shape index (κ3) is 3.69. The second-order valence-corrected chi connectivity index (χ2v) is 3.99. The minimum atomic E-state index is 0.0685. The highest BCUT2D eigenvalue weighted by Crippen LogP contribution is 2.07. The predicted octanol–water partition coefficient (Wildman–Crippen LogP) is 1.98. The van der Waals surface area contributed by atoms with Crippen molar-refractivity contribution in [1.82, 2.24) is 9.88 Å². The van der Waals surface area contributed by atoms with Gasteiger partial charge in [-0.1, -0.05) is 6.07 Å². The Hall–Kier alpha value is -1.40. The van der Waals surface area contributed by atoms with E-state index in [4.69, 9.17) is 5.26 Å². The van der Waals surface area contributed by atoms with Gasteiger partial charge in [-0.25, -0.2) is 0 Å². The summed E-state index contributed by atoms with van der Waals surface area (Å²) in [6.07, 6.45) is 1.81. The lowest BCUT2D eigenvalue weighted by atomic mass is 10.1. The van der Waals surface area contributed by atoms with Gasteiger partial charge in [-0.05, 0) is 32.5 Å². The monoisotopic (exact) mass is 203 g/mol. The van der Waals surface area contributed by atoms with E-state index in [2.05, 4.69) is 28.9 Å². The second-order valence-electron chi connectivity index (χ2n) is 3.99. The lowest BCUT2D eigenvalue weighted by Crippen LogP contribution is -2.24. The number of hydrogen-bond donors (Lipinski definition) is 0. The first-order valence-electron chi connectivity index (χ1n) is 5.12. The third-order valence-corrected chi connectivity index (χ3v) is 2.34. The molecule has 0 radical (unpaired) electrons. The number of nitriles is 1. The first kappa shape index (κ1) is 11.7. The van der Waals surface area contributed by atoms with Crippen molar-refractivity contribution >= 4 is 0 Å². The molecule has 1 aromatic rings. The molecule has 0 bridgehead atoms. The molecule has 3 nitrogen and oxygen atoms in total. The second kappa shape index (κ2) is 5.47. The van der Waals surface area contributed by atoms with Crippen LogP contribution in [0.25, 0.3) is 0 Å². The summed E-state index contributed by atoms with van der Waals surface area (Å²) in [7, 11) is 2.02. The van der Waals surface area contributed by atoms with Gasteiger partial charge >= 0.3 is 0 Å². The average molecular weight is 203 g/mol. The molecule has 0 N–H and O–H groups in total. The molecule has 0 aliphatic heterocycles. The molecule has 80 valence electrons. The maximum Gasteiger partial charge on any atom is 0.0666 e. The maximum absolute atomic E-state index is 8.71. The van der Waals surface area contributed by atoms with Crippen molar-refractivity contribution in [3.63, 3.8) is 0 Å². The molecule has 3 heteroatoms. The van der Waals surface area contributed by atoms with Gasteiger partial charge in [-0.3, -0.25) is 9.88 Å². The van der Waals surface area contributed by atoms with Gasteiger partial charge in [-0.2, -0.15) is 5.26 Å². The molecule has 0 saturated heterocycles. The normalized spacial score (nSPS) is 12.5. The molecule has 0 spiro atoms. The Kier molecular flexibility index (Phi) is 4.26. The molecule has 0 aliphatic carbocycles. The molecular weight excluding hydrogens is 186 g/mol. The topological polar surface area (TPSA) is 39.9 Å². The van der Waals surface area contributed by atoms with E-state index in [1.165, 1.54) is 5.56 Å². The van der Waals surface area contributed by atoms with Crippen molar-refractivity contribution in [3.05, 3.63) is 29.6 Å². The van der Waals surface area contributed by atoms with Crippen molar-refractivity contribution in [2.24, 2.45) is 5.92 Å². The number of hydrogen-bond acceptors (Lipinski definition) is 3. The maximum atomic E-state index is 8.71. The van der Waals surface area contributed by atoms with Crippen LogP contribution in [0.4, 0.5) is 0 Å². The minimum absolute atomic E-state index is 0.0685. The largest absolute Gasteiger partial charge is 0.299 e. The molecule has 1 atom stereocenters. The van der Waals surface area contributed by atoms with Gasteiger partial charge in [0.15, 0.2) is 0 Å². The summed E-state index contributed by atoms with van der Waals surface area (Å²) in [6, 6.07) is 6.23. The smallest absolute Gasteiger partial charge is 0.0666 e. The van der Waals surface area contributed by atoms with E-state index in [1.54, 1.807) is 0 Å². The zero-order valence-electron chi connectivity index (χ0n) is 9.57. The van der Waals surface area contributed by atoms with E-state index in [9.17, 15) is 0 Å². The van der Waals surface area contributed by atoms with Crippen molar-refractivity contribution in [1.29, 1.82) is 5.26 Å². The Morgan fingerprint density at radius 1 is 1.60 bits per heavy atom. The minimum Gasteiger partial charge on any atom is -0.299 e. The molecule has 1 aromatic heterocycles. The number of rotatable bonds is 4. The first-order chi connectivity index (χ1) is 7.13. The third-order valence-electron chi connectivity index (χ3n) is 2.34. The first-order valence-corrected chi connectivity index (χ1v) is 5.12. The summed E-state index contributed by atoms with van der Waals surface area (Å²) in [5.41, 5.74) is 2.29. The zero-order valence-corrected chi connectivity index (χ0v) is 9.57. The van der Waals surface area contributed by atoms with E-state index in [0.29, 0.717) is 0 Å². The van der Waals surface area contributed by atoms with Gasteiger partial charge in [0.25, 0.3) is 0 Å². The van der Waals surface area contributed by atoms with Crippen molar-refractivity contribution in [3.8, 4) is 6.07 Å². The van der Waals surface area contributed by atoms with Crippen LogP contribution in [0, 0.1) is 24.2 Å². The van der Waals surface area contributed by atoms with E-state index >= 15 is 0 Å². The van der Waals surface area contributed by atoms with Crippen molar-refractivity contribution < 1.29 is 0 Å². The summed E-state index contributed by atoms with van der Waals surface area (Å²) in [6.45, 7) is 5.58. The Morgan fingerprint density at radius 3 is 2.93 bits per heavy atom. The van der Waals surface area contributed by atoms with Gasteiger partial charge in [0, 0.05) is 19.3 Å².